The Bertz CT molecular complexity index is 243. The smallest absolute Gasteiger partial charge is 0.00457 e. The first-order valence-electron chi connectivity index (χ1n) is 4.31. The van der Waals surface area contributed by atoms with E-state index in [4.69, 9.17) is 5.73 Å². The third-order valence-electron chi connectivity index (χ3n) is 2.10. The molecule has 0 saturated carbocycles. The van der Waals surface area contributed by atoms with Gasteiger partial charge in [0.15, 0.2) is 0 Å². The van der Waals surface area contributed by atoms with Gasteiger partial charge in [-0.1, -0.05) is 24.3 Å². The number of benzene rings is 1. The van der Waals surface area contributed by atoms with E-state index in [1.807, 2.05) is 0 Å². The van der Waals surface area contributed by atoms with Crippen LogP contribution in [-0.2, 0) is 6.42 Å². The Labute approximate surface area is 74.6 Å². The molecule has 2 N–H and O–H groups in total. The number of aryl methyl sites for hydroxylation is 1. The monoisotopic (exact) mass is 162 g/mol. The zero-order chi connectivity index (χ0) is 8.97. The summed E-state index contributed by atoms with van der Waals surface area (Å²) >= 11 is 0. The molecule has 1 radical (unpaired) electrons. The predicted octanol–water partition coefficient (Wildman–Crippen LogP) is 1.95. The summed E-state index contributed by atoms with van der Waals surface area (Å²) in [4.78, 5) is 0. The first-order valence-corrected chi connectivity index (χ1v) is 4.31. The van der Waals surface area contributed by atoms with Crippen LogP contribution in [0, 0.1) is 19.8 Å². The first kappa shape index (κ1) is 9.27. The molecule has 1 aromatic rings. The Hall–Kier alpha value is -0.820. The van der Waals surface area contributed by atoms with Gasteiger partial charge in [-0.3, -0.25) is 0 Å². The van der Waals surface area contributed by atoms with E-state index in [2.05, 4.69) is 38.1 Å². The molecule has 1 rings (SSSR count). The van der Waals surface area contributed by atoms with E-state index in [9.17, 15) is 0 Å². The largest absolute Gasteiger partial charge is 0.330 e. The molecule has 0 fully saturated rings. The molecule has 0 aliphatic rings. The van der Waals surface area contributed by atoms with E-state index in [-0.39, 0.29) is 0 Å². The molecule has 0 amide bonds. The predicted molar refractivity (Wildman–Crippen MR) is 52.8 cm³/mol. The molecule has 0 spiro atoms. The number of hydrogen-bond donors (Lipinski definition) is 1. The number of nitrogens with two attached hydrogens (primary N) is 1. The first-order chi connectivity index (χ1) is 5.74. The topological polar surface area (TPSA) is 26.0 Å². The minimum absolute atomic E-state index is 0.339. The highest BCUT2D eigenvalue weighted by Gasteiger charge is 2.02. The Morgan fingerprint density at radius 3 is 2.67 bits per heavy atom. The van der Waals surface area contributed by atoms with Crippen molar-refractivity contribution in [1.82, 2.24) is 0 Å². The molecule has 0 aliphatic carbocycles. The Morgan fingerprint density at radius 2 is 2.08 bits per heavy atom. The lowest BCUT2D eigenvalue weighted by atomic mass is 9.98. The fourth-order valence-corrected chi connectivity index (χ4v) is 1.23. The van der Waals surface area contributed by atoms with Gasteiger partial charge >= 0.3 is 0 Å². The Balaban J connectivity index is 2.69. The van der Waals surface area contributed by atoms with Crippen LogP contribution in [0.15, 0.2) is 24.3 Å². The fraction of sp³-hybridized carbons (Fsp3) is 0.364. The molecule has 1 nitrogen and oxygen atoms in total. The third kappa shape index (κ3) is 2.35. The van der Waals surface area contributed by atoms with Crippen molar-refractivity contribution in [3.05, 3.63) is 42.3 Å². The van der Waals surface area contributed by atoms with Crippen LogP contribution in [0.25, 0.3) is 0 Å². The second-order valence-corrected chi connectivity index (χ2v) is 3.23. The van der Waals surface area contributed by atoms with Gasteiger partial charge in [0.1, 0.15) is 0 Å². The molecule has 0 heterocycles. The van der Waals surface area contributed by atoms with Gasteiger partial charge in [-0.15, -0.1) is 0 Å². The summed E-state index contributed by atoms with van der Waals surface area (Å²) in [6, 6.07) is 8.38. The molecule has 0 bridgehead atoms. The standard InChI is InChI=1S/C11H16N/c1-9(8-12)7-11-6-4-3-5-10(11)2/h3-6,9H,1,7-8,12H2,2H3. The van der Waals surface area contributed by atoms with Gasteiger partial charge in [0.25, 0.3) is 0 Å². The molecule has 1 unspecified atom stereocenters. The van der Waals surface area contributed by atoms with Gasteiger partial charge in [0.05, 0.1) is 0 Å². The van der Waals surface area contributed by atoms with Crippen molar-refractivity contribution in [2.75, 3.05) is 6.54 Å². The molecule has 0 aromatic heterocycles. The normalized spacial score (nSPS) is 12.9. The van der Waals surface area contributed by atoms with Gasteiger partial charge in [-0.2, -0.15) is 0 Å². The third-order valence-corrected chi connectivity index (χ3v) is 2.10. The van der Waals surface area contributed by atoms with E-state index in [1.165, 1.54) is 11.1 Å². The maximum Gasteiger partial charge on any atom is -0.00457 e. The molecule has 1 heteroatoms. The van der Waals surface area contributed by atoms with E-state index < -0.39 is 0 Å². The molecule has 1 aromatic carbocycles. The number of rotatable bonds is 3. The zero-order valence-electron chi connectivity index (χ0n) is 7.59. The van der Waals surface area contributed by atoms with E-state index in [0.717, 1.165) is 6.42 Å². The van der Waals surface area contributed by atoms with Crippen LogP contribution in [0.5, 0.6) is 0 Å². The Kier molecular flexibility index (Phi) is 3.30. The van der Waals surface area contributed by atoms with Crippen LogP contribution in [-0.4, -0.2) is 6.54 Å². The van der Waals surface area contributed by atoms with Crippen molar-refractivity contribution in [2.45, 2.75) is 13.3 Å². The van der Waals surface area contributed by atoms with Crippen LogP contribution in [0.2, 0.25) is 0 Å². The minimum atomic E-state index is 0.339. The molecule has 0 aliphatic heterocycles. The van der Waals surface area contributed by atoms with Gasteiger partial charge in [-0.25, -0.2) is 0 Å². The van der Waals surface area contributed by atoms with Crippen LogP contribution in [0.1, 0.15) is 11.1 Å². The quantitative estimate of drug-likeness (QED) is 0.722. The van der Waals surface area contributed by atoms with Crippen LogP contribution in [0.3, 0.4) is 0 Å². The second-order valence-electron chi connectivity index (χ2n) is 3.23. The van der Waals surface area contributed by atoms with Gasteiger partial charge in [-0.05, 0) is 43.9 Å². The average molecular weight is 162 g/mol. The summed E-state index contributed by atoms with van der Waals surface area (Å²) in [7, 11) is 0. The van der Waals surface area contributed by atoms with Gasteiger partial charge in [0.2, 0.25) is 0 Å². The fourth-order valence-electron chi connectivity index (χ4n) is 1.23. The second kappa shape index (κ2) is 4.27. The summed E-state index contributed by atoms with van der Waals surface area (Å²) in [5.41, 5.74) is 8.20. The molecule has 1 atom stereocenters. The molecule has 12 heavy (non-hydrogen) atoms. The zero-order valence-corrected chi connectivity index (χ0v) is 7.59. The highest BCUT2D eigenvalue weighted by Crippen LogP contribution is 2.11. The lowest BCUT2D eigenvalue weighted by Gasteiger charge is -2.09. The van der Waals surface area contributed by atoms with Crippen LogP contribution in [0.4, 0.5) is 0 Å². The lowest BCUT2D eigenvalue weighted by Crippen LogP contribution is -2.13. The maximum absolute atomic E-state index is 5.51. The highest BCUT2D eigenvalue weighted by atomic mass is 14.5. The minimum Gasteiger partial charge on any atom is -0.330 e. The highest BCUT2D eigenvalue weighted by molar-refractivity contribution is 5.26. The van der Waals surface area contributed by atoms with Crippen molar-refractivity contribution < 1.29 is 0 Å². The molecular weight excluding hydrogens is 146 g/mol. The Morgan fingerprint density at radius 1 is 1.42 bits per heavy atom. The van der Waals surface area contributed by atoms with Crippen LogP contribution < -0.4 is 5.73 Å². The van der Waals surface area contributed by atoms with E-state index in [1.54, 1.807) is 0 Å². The molecular formula is C11H16N. The van der Waals surface area contributed by atoms with Crippen molar-refractivity contribution in [2.24, 2.45) is 11.7 Å². The average Bonchev–Trinajstić information content (AvgIpc) is 2.09. The lowest BCUT2D eigenvalue weighted by molar-refractivity contribution is 0.653. The van der Waals surface area contributed by atoms with Crippen LogP contribution >= 0.6 is 0 Å². The summed E-state index contributed by atoms with van der Waals surface area (Å²) in [6.45, 7) is 6.75. The van der Waals surface area contributed by atoms with Crippen molar-refractivity contribution in [1.29, 1.82) is 0 Å². The molecule has 0 saturated heterocycles. The summed E-state index contributed by atoms with van der Waals surface area (Å²) in [5.74, 6) is 0.339. The maximum atomic E-state index is 5.51. The van der Waals surface area contributed by atoms with E-state index >= 15 is 0 Å². The van der Waals surface area contributed by atoms with Crippen molar-refractivity contribution in [3.8, 4) is 0 Å². The SMILES string of the molecule is [CH2]C(CN)Cc1ccccc1C. The van der Waals surface area contributed by atoms with Crippen molar-refractivity contribution >= 4 is 0 Å². The van der Waals surface area contributed by atoms with Gasteiger partial charge in [0, 0.05) is 0 Å². The van der Waals surface area contributed by atoms with Gasteiger partial charge < -0.3 is 5.73 Å². The van der Waals surface area contributed by atoms with E-state index in [0.29, 0.717) is 12.5 Å². The van der Waals surface area contributed by atoms with Crippen molar-refractivity contribution in [3.63, 3.8) is 0 Å². The molecule has 65 valence electrons. The summed E-state index contributed by atoms with van der Waals surface area (Å²) < 4.78 is 0. The number of hydrogen-bond acceptors (Lipinski definition) is 1. The summed E-state index contributed by atoms with van der Waals surface area (Å²) in [5, 5.41) is 0. The summed E-state index contributed by atoms with van der Waals surface area (Å²) in [6.07, 6.45) is 0.989.